The fraction of sp³-hybridized carbons (Fsp3) is 0.214. The molecule has 0 fully saturated rings. The summed E-state index contributed by atoms with van der Waals surface area (Å²) < 4.78 is 8.50. The van der Waals surface area contributed by atoms with Crippen molar-refractivity contribution < 1.29 is 9.53 Å². The van der Waals surface area contributed by atoms with Crippen molar-refractivity contribution in [1.82, 2.24) is 14.8 Å². The summed E-state index contributed by atoms with van der Waals surface area (Å²) in [5.74, 6) is 1.15. The van der Waals surface area contributed by atoms with Crippen molar-refractivity contribution in [3.05, 3.63) is 47.2 Å². The number of rotatable bonds is 8. The van der Waals surface area contributed by atoms with E-state index in [1.165, 1.54) is 11.8 Å². The molecule has 0 atom stereocenters. The van der Waals surface area contributed by atoms with Crippen molar-refractivity contribution in [3.8, 4) is 5.75 Å². The summed E-state index contributed by atoms with van der Waals surface area (Å²) >= 11 is 4.64. The summed E-state index contributed by atoms with van der Waals surface area (Å²) in [6.07, 6.45) is 1.74. The molecule has 0 aliphatic rings. The van der Waals surface area contributed by atoms with Crippen molar-refractivity contribution in [2.24, 2.45) is 5.73 Å². The molecule has 0 aliphatic heterocycles. The van der Waals surface area contributed by atoms with Crippen LogP contribution in [0, 0.1) is 0 Å². The minimum absolute atomic E-state index is 0.155. The SMILES string of the molecule is C=CCn1c(COc2cccc(Br)c2)nnc1SCC(N)=O. The smallest absolute Gasteiger partial charge is 0.227 e. The van der Waals surface area contributed by atoms with Crippen molar-refractivity contribution in [2.45, 2.75) is 18.3 Å². The summed E-state index contributed by atoms with van der Waals surface area (Å²) in [7, 11) is 0. The second-order valence-corrected chi connectivity index (χ2v) is 6.16. The van der Waals surface area contributed by atoms with Crippen LogP contribution in [0.4, 0.5) is 0 Å². The van der Waals surface area contributed by atoms with E-state index in [4.69, 9.17) is 10.5 Å². The molecule has 2 rings (SSSR count). The second-order valence-electron chi connectivity index (χ2n) is 4.30. The highest BCUT2D eigenvalue weighted by atomic mass is 79.9. The Kier molecular flexibility index (Phi) is 6.02. The van der Waals surface area contributed by atoms with Crippen LogP contribution in [0.3, 0.4) is 0 Å². The van der Waals surface area contributed by atoms with Gasteiger partial charge >= 0.3 is 0 Å². The number of hydrogen-bond acceptors (Lipinski definition) is 5. The zero-order valence-electron chi connectivity index (χ0n) is 11.7. The molecule has 6 nitrogen and oxygen atoms in total. The first-order valence-corrected chi connectivity index (χ1v) is 8.20. The van der Waals surface area contributed by atoms with E-state index in [-0.39, 0.29) is 12.4 Å². The Hall–Kier alpha value is -1.80. The zero-order chi connectivity index (χ0) is 15.9. The molecule has 1 heterocycles. The summed E-state index contributed by atoms with van der Waals surface area (Å²) in [5, 5.41) is 8.79. The van der Waals surface area contributed by atoms with Crippen molar-refractivity contribution in [1.29, 1.82) is 0 Å². The number of ether oxygens (including phenoxy) is 1. The minimum atomic E-state index is -0.398. The summed E-state index contributed by atoms with van der Waals surface area (Å²) in [6, 6.07) is 7.55. The first-order chi connectivity index (χ1) is 10.6. The lowest BCUT2D eigenvalue weighted by molar-refractivity contribution is -0.115. The van der Waals surface area contributed by atoms with E-state index in [1.807, 2.05) is 28.8 Å². The van der Waals surface area contributed by atoms with Gasteiger partial charge in [-0.3, -0.25) is 9.36 Å². The molecule has 2 N–H and O–H groups in total. The zero-order valence-corrected chi connectivity index (χ0v) is 14.1. The fourth-order valence-electron chi connectivity index (χ4n) is 1.69. The molecule has 0 aliphatic carbocycles. The van der Waals surface area contributed by atoms with E-state index in [9.17, 15) is 4.79 Å². The van der Waals surface area contributed by atoms with E-state index < -0.39 is 5.91 Å². The molecular formula is C14H15BrN4O2S. The van der Waals surface area contributed by atoms with Crippen LogP contribution >= 0.6 is 27.7 Å². The molecule has 0 unspecified atom stereocenters. The molecule has 0 saturated carbocycles. The van der Waals surface area contributed by atoms with Crippen molar-refractivity contribution in [2.75, 3.05) is 5.75 Å². The fourth-order valence-corrected chi connectivity index (χ4v) is 2.77. The summed E-state index contributed by atoms with van der Waals surface area (Å²) in [4.78, 5) is 10.9. The monoisotopic (exact) mass is 382 g/mol. The van der Waals surface area contributed by atoms with E-state index in [2.05, 4.69) is 32.7 Å². The number of hydrogen-bond donors (Lipinski definition) is 1. The van der Waals surface area contributed by atoms with Crippen LogP contribution in [0.5, 0.6) is 5.75 Å². The first kappa shape index (κ1) is 16.6. The molecule has 116 valence electrons. The average molecular weight is 383 g/mol. The number of allylic oxidation sites excluding steroid dienone is 1. The molecule has 2 aromatic rings. The van der Waals surface area contributed by atoms with E-state index >= 15 is 0 Å². The van der Waals surface area contributed by atoms with E-state index in [1.54, 1.807) is 6.08 Å². The van der Waals surface area contributed by atoms with Gasteiger partial charge in [0.05, 0.1) is 5.75 Å². The Bertz CT molecular complexity index is 675. The third kappa shape index (κ3) is 4.60. The van der Waals surface area contributed by atoms with Gasteiger partial charge in [-0.2, -0.15) is 0 Å². The predicted octanol–water partition coefficient (Wildman–Crippen LogP) is 2.38. The molecule has 0 radical (unpaired) electrons. The highest BCUT2D eigenvalue weighted by Gasteiger charge is 2.13. The number of benzene rings is 1. The van der Waals surface area contributed by atoms with Gasteiger partial charge in [0.1, 0.15) is 12.4 Å². The molecule has 8 heteroatoms. The Morgan fingerprint density at radius 1 is 1.50 bits per heavy atom. The summed E-state index contributed by atoms with van der Waals surface area (Å²) in [6.45, 7) is 4.52. The largest absolute Gasteiger partial charge is 0.486 e. The molecule has 1 aromatic heterocycles. The van der Waals surface area contributed by atoms with Crippen LogP contribution in [0.2, 0.25) is 0 Å². The van der Waals surface area contributed by atoms with Gasteiger partial charge in [0.15, 0.2) is 11.0 Å². The van der Waals surface area contributed by atoms with Gasteiger partial charge in [-0.1, -0.05) is 39.8 Å². The first-order valence-electron chi connectivity index (χ1n) is 6.42. The molecule has 1 aromatic carbocycles. The lowest BCUT2D eigenvalue weighted by Gasteiger charge is -2.09. The quantitative estimate of drug-likeness (QED) is 0.559. The number of nitrogens with zero attached hydrogens (tertiary/aromatic N) is 3. The van der Waals surface area contributed by atoms with Crippen LogP contribution in [-0.2, 0) is 17.9 Å². The van der Waals surface area contributed by atoms with E-state index in [0.29, 0.717) is 17.5 Å². The molecule has 0 spiro atoms. The molecule has 0 saturated heterocycles. The van der Waals surface area contributed by atoms with Gasteiger partial charge in [0.2, 0.25) is 5.91 Å². The Balaban J connectivity index is 2.09. The third-order valence-corrected chi connectivity index (χ3v) is 4.10. The highest BCUT2D eigenvalue weighted by Crippen LogP contribution is 2.20. The number of thioether (sulfide) groups is 1. The third-order valence-electron chi connectivity index (χ3n) is 2.61. The van der Waals surface area contributed by atoms with Crippen LogP contribution in [0.25, 0.3) is 0 Å². The minimum Gasteiger partial charge on any atom is -0.486 e. The number of carbonyl (C=O) groups is 1. The number of halogens is 1. The number of primary amides is 1. The number of carbonyl (C=O) groups excluding carboxylic acids is 1. The van der Waals surface area contributed by atoms with E-state index in [0.717, 1.165) is 10.2 Å². The van der Waals surface area contributed by atoms with Gasteiger partial charge in [0.25, 0.3) is 0 Å². The van der Waals surface area contributed by atoms with Gasteiger partial charge in [0, 0.05) is 11.0 Å². The molecular weight excluding hydrogens is 368 g/mol. The highest BCUT2D eigenvalue weighted by molar-refractivity contribution is 9.10. The standard InChI is InChI=1S/C14H15BrN4O2S/c1-2-6-19-13(17-18-14(19)22-9-12(16)20)8-21-11-5-3-4-10(15)7-11/h2-5,7H,1,6,8-9H2,(H2,16,20). The maximum atomic E-state index is 10.9. The lowest BCUT2D eigenvalue weighted by Crippen LogP contribution is -2.14. The van der Waals surface area contributed by atoms with Gasteiger partial charge in [-0.05, 0) is 18.2 Å². The number of nitrogens with two attached hydrogens (primary N) is 1. The average Bonchev–Trinajstić information content (AvgIpc) is 2.86. The van der Waals surface area contributed by atoms with Crippen LogP contribution in [0.15, 0.2) is 46.5 Å². The van der Waals surface area contributed by atoms with Gasteiger partial charge in [-0.25, -0.2) is 0 Å². The predicted molar refractivity (Wildman–Crippen MR) is 88.6 cm³/mol. The number of aromatic nitrogens is 3. The molecule has 0 bridgehead atoms. The van der Waals surface area contributed by atoms with Gasteiger partial charge in [-0.15, -0.1) is 16.8 Å². The topological polar surface area (TPSA) is 83.0 Å². The molecule has 1 amide bonds. The maximum Gasteiger partial charge on any atom is 0.227 e. The Morgan fingerprint density at radius 2 is 2.32 bits per heavy atom. The normalized spacial score (nSPS) is 10.4. The lowest BCUT2D eigenvalue weighted by atomic mass is 10.3. The van der Waals surface area contributed by atoms with Crippen molar-refractivity contribution >= 4 is 33.6 Å². The number of amides is 1. The van der Waals surface area contributed by atoms with Crippen LogP contribution < -0.4 is 10.5 Å². The Morgan fingerprint density at radius 3 is 3.00 bits per heavy atom. The molecule has 22 heavy (non-hydrogen) atoms. The van der Waals surface area contributed by atoms with Gasteiger partial charge < -0.3 is 10.5 Å². The van der Waals surface area contributed by atoms with Crippen LogP contribution in [0.1, 0.15) is 5.82 Å². The Labute approximate surface area is 140 Å². The maximum absolute atomic E-state index is 10.9. The second kappa shape index (κ2) is 8.00. The van der Waals surface area contributed by atoms with Crippen molar-refractivity contribution in [3.63, 3.8) is 0 Å². The summed E-state index contributed by atoms with van der Waals surface area (Å²) in [5.41, 5.74) is 5.15. The van der Waals surface area contributed by atoms with Crippen LogP contribution in [-0.4, -0.2) is 26.4 Å².